The van der Waals surface area contributed by atoms with Gasteiger partial charge in [-0.1, -0.05) is 25.1 Å². The van der Waals surface area contributed by atoms with Crippen LogP contribution in [0.25, 0.3) is 0 Å². The molecule has 4 heteroatoms. The second-order valence-corrected chi connectivity index (χ2v) is 7.91. The third kappa shape index (κ3) is 4.29. The van der Waals surface area contributed by atoms with Gasteiger partial charge in [-0.15, -0.1) is 11.3 Å². The molecule has 0 aliphatic heterocycles. The van der Waals surface area contributed by atoms with Gasteiger partial charge in [0.15, 0.2) is 0 Å². The first-order valence-corrected chi connectivity index (χ1v) is 9.58. The first-order valence-electron chi connectivity index (χ1n) is 6.83. The van der Waals surface area contributed by atoms with Crippen molar-refractivity contribution in [3.63, 3.8) is 0 Å². The molecular weight excluding hydrogens is 445 g/mol. The smallest absolute Gasteiger partial charge is 0.0379 e. The number of aryl methyl sites for hydroxylation is 1. The number of benzene rings is 1. The van der Waals surface area contributed by atoms with Crippen molar-refractivity contribution in [2.24, 2.45) is 0 Å². The summed E-state index contributed by atoms with van der Waals surface area (Å²) in [5.41, 5.74) is 2.78. The van der Waals surface area contributed by atoms with Crippen LogP contribution in [-0.2, 0) is 6.42 Å². The van der Waals surface area contributed by atoms with Crippen LogP contribution in [0.5, 0.6) is 0 Å². The van der Waals surface area contributed by atoms with E-state index in [0.717, 1.165) is 19.4 Å². The third-order valence-electron chi connectivity index (χ3n) is 3.26. The lowest BCUT2D eigenvalue weighted by atomic mass is 10.0. The molecule has 0 radical (unpaired) electrons. The van der Waals surface area contributed by atoms with Gasteiger partial charge in [0.1, 0.15) is 0 Å². The molecule has 2 aromatic rings. The Morgan fingerprint density at radius 1 is 1.40 bits per heavy atom. The topological polar surface area (TPSA) is 12.0 Å². The Hall–Kier alpha value is 0.0900. The predicted molar refractivity (Wildman–Crippen MR) is 101 cm³/mol. The largest absolute Gasteiger partial charge is 0.310 e. The molecule has 0 fully saturated rings. The van der Waals surface area contributed by atoms with E-state index in [1.807, 2.05) is 11.3 Å². The fourth-order valence-electron chi connectivity index (χ4n) is 2.21. The molecule has 1 unspecified atom stereocenters. The molecule has 1 aromatic heterocycles. The van der Waals surface area contributed by atoms with E-state index in [1.165, 1.54) is 24.0 Å². The van der Waals surface area contributed by atoms with E-state index in [0.29, 0.717) is 6.04 Å². The van der Waals surface area contributed by atoms with Gasteiger partial charge in [-0.05, 0) is 75.6 Å². The average Bonchev–Trinajstić information content (AvgIpc) is 2.83. The maximum atomic E-state index is 3.70. The maximum Gasteiger partial charge on any atom is 0.0379 e. The zero-order chi connectivity index (χ0) is 14.5. The van der Waals surface area contributed by atoms with Crippen molar-refractivity contribution < 1.29 is 0 Å². The number of thiophene rings is 1. The highest BCUT2D eigenvalue weighted by molar-refractivity contribution is 14.1. The van der Waals surface area contributed by atoms with Crippen LogP contribution in [0.3, 0.4) is 0 Å². The molecule has 0 aliphatic rings. The van der Waals surface area contributed by atoms with Crippen molar-refractivity contribution in [1.82, 2.24) is 5.32 Å². The molecular formula is C16H19BrINS. The Kier molecular flexibility index (Phi) is 6.52. The Bertz CT molecular complexity index is 567. The second kappa shape index (κ2) is 7.92. The summed E-state index contributed by atoms with van der Waals surface area (Å²) >= 11 is 7.85. The summed E-state index contributed by atoms with van der Waals surface area (Å²) in [6.07, 6.45) is 2.21. The molecule has 1 nitrogen and oxygen atoms in total. The van der Waals surface area contributed by atoms with Gasteiger partial charge in [0.2, 0.25) is 0 Å². The Balaban J connectivity index is 2.24. The van der Waals surface area contributed by atoms with E-state index >= 15 is 0 Å². The van der Waals surface area contributed by atoms with Crippen LogP contribution >= 0.6 is 49.9 Å². The lowest BCUT2D eigenvalue weighted by molar-refractivity contribution is 0.530. The van der Waals surface area contributed by atoms with E-state index in [2.05, 4.69) is 87.3 Å². The normalized spacial score (nSPS) is 12.6. The monoisotopic (exact) mass is 463 g/mol. The number of rotatable bonds is 6. The van der Waals surface area contributed by atoms with E-state index in [4.69, 9.17) is 0 Å². The molecule has 0 amide bonds. The van der Waals surface area contributed by atoms with E-state index < -0.39 is 0 Å². The summed E-state index contributed by atoms with van der Waals surface area (Å²) in [6, 6.07) is 9.23. The van der Waals surface area contributed by atoms with Gasteiger partial charge in [0, 0.05) is 30.8 Å². The van der Waals surface area contributed by atoms with Crippen LogP contribution in [0.1, 0.15) is 35.4 Å². The van der Waals surface area contributed by atoms with Crippen LogP contribution in [-0.4, -0.2) is 6.54 Å². The van der Waals surface area contributed by atoms with Gasteiger partial charge in [-0.2, -0.15) is 0 Å². The first kappa shape index (κ1) is 16.5. The molecule has 2 rings (SSSR count). The van der Waals surface area contributed by atoms with Gasteiger partial charge in [0.25, 0.3) is 0 Å². The van der Waals surface area contributed by atoms with Crippen molar-refractivity contribution >= 4 is 49.9 Å². The molecule has 108 valence electrons. The van der Waals surface area contributed by atoms with Crippen LogP contribution in [0.15, 0.2) is 34.1 Å². The van der Waals surface area contributed by atoms with E-state index in [1.54, 1.807) is 0 Å². The van der Waals surface area contributed by atoms with Gasteiger partial charge in [0.05, 0.1) is 0 Å². The van der Waals surface area contributed by atoms with Gasteiger partial charge >= 0.3 is 0 Å². The number of hydrogen-bond acceptors (Lipinski definition) is 2. The number of hydrogen-bond donors (Lipinski definition) is 1. The maximum absolute atomic E-state index is 3.70. The standard InChI is InChI=1S/C16H19BrINS/c1-3-7-19-15(9-13-8-12(17)10-20-13)14-6-4-5-11(2)16(14)18/h4-6,8,10,15,19H,3,7,9H2,1-2H3. The molecule has 1 atom stereocenters. The highest BCUT2D eigenvalue weighted by atomic mass is 127. The molecule has 0 saturated carbocycles. The zero-order valence-electron chi connectivity index (χ0n) is 11.7. The molecule has 0 spiro atoms. The first-order chi connectivity index (χ1) is 9.61. The SMILES string of the molecule is CCCNC(Cc1cc(Br)cs1)c1cccc(C)c1I. The fraction of sp³-hybridized carbons (Fsp3) is 0.375. The summed E-state index contributed by atoms with van der Waals surface area (Å²) in [7, 11) is 0. The van der Waals surface area contributed by atoms with Crippen LogP contribution in [0, 0.1) is 10.5 Å². The lowest BCUT2D eigenvalue weighted by Gasteiger charge is -2.20. The summed E-state index contributed by atoms with van der Waals surface area (Å²) < 4.78 is 2.57. The molecule has 0 saturated heterocycles. The number of halogens is 2. The highest BCUT2D eigenvalue weighted by Crippen LogP contribution is 2.29. The fourth-order valence-corrected chi connectivity index (χ4v) is 4.45. The minimum Gasteiger partial charge on any atom is -0.310 e. The molecule has 1 N–H and O–H groups in total. The molecule has 1 aromatic carbocycles. The van der Waals surface area contributed by atoms with E-state index in [9.17, 15) is 0 Å². The summed E-state index contributed by atoms with van der Waals surface area (Å²) in [4.78, 5) is 1.42. The average molecular weight is 464 g/mol. The predicted octanol–water partition coefficient (Wildman–Crippen LogP) is 5.71. The van der Waals surface area contributed by atoms with Crippen molar-refractivity contribution in [3.05, 3.63) is 53.7 Å². The van der Waals surface area contributed by atoms with Crippen molar-refractivity contribution in [1.29, 1.82) is 0 Å². The third-order valence-corrected chi connectivity index (χ3v) is 6.46. The van der Waals surface area contributed by atoms with Crippen molar-refractivity contribution in [2.75, 3.05) is 6.54 Å². The Labute approximate surface area is 147 Å². The van der Waals surface area contributed by atoms with Gasteiger partial charge < -0.3 is 5.32 Å². The summed E-state index contributed by atoms with van der Waals surface area (Å²) in [5, 5.41) is 5.86. The zero-order valence-corrected chi connectivity index (χ0v) is 16.3. The van der Waals surface area contributed by atoms with Crippen LogP contribution in [0.4, 0.5) is 0 Å². The van der Waals surface area contributed by atoms with Crippen LogP contribution in [0.2, 0.25) is 0 Å². The number of nitrogens with one attached hydrogen (secondary N) is 1. The van der Waals surface area contributed by atoms with Gasteiger partial charge in [-0.3, -0.25) is 0 Å². The van der Waals surface area contributed by atoms with Crippen LogP contribution < -0.4 is 5.32 Å². The summed E-state index contributed by atoms with van der Waals surface area (Å²) in [5.74, 6) is 0. The molecule has 1 heterocycles. The Morgan fingerprint density at radius 3 is 2.85 bits per heavy atom. The van der Waals surface area contributed by atoms with Gasteiger partial charge in [-0.25, -0.2) is 0 Å². The molecule has 20 heavy (non-hydrogen) atoms. The molecule has 0 bridgehead atoms. The van der Waals surface area contributed by atoms with Crippen molar-refractivity contribution in [2.45, 2.75) is 32.7 Å². The molecule has 0 aliphatic carbocycles. The minimum absolute atomic E-state index is 0.396. The highest BCUT2D eigenvalue weighted by Gasteiger charge is 2.16. The lowest BCUT2D eigenvalue weighted by Crippen LogP contribution is -2.24. The minimum atomic E-state index is 0.396. The Morgan fingerprint density at radius 2 is 2.20 bits per heavy atom. The van der Waals surface area contributed by atoms with E-state index in [-0.39, 0.29) is 0 Å². The second-order valence-electron chi connectivity index (χ2n) is 4.92. The summed E-state index contributed by atoms with van der Waals surface area (Å²) in [6.45, 7) is 5.46. The van der Waals surface area contributed by atoms with Crippen molar-refractivity contribution in [3.8, 4) is 0 Å². The quantitative estimate of drug-likeness (QED) is 0.541.